The van der Waals surface area contributed by atoms with Crippen LogP contribution in [0, 0.1) is 0 Å². The second-order valence-electron chi connectivity index (χ2n) is 7.71. The van der Waals surface area contributed by atoms with Crippen molar-refractivity contribution >= 4 is 32.8 Å². The minimum atomic E-state index is -3.77. The van der Waals surface area contributed by atoms with Crippen LogP contribution in [0.15, 0.2) is 96.0 Å². The zero-order chi connectivity index (χ0) is 22.6. The third-order valence-electron chi connectivity index (χ3n) is 5.48. The maximum atomic E-state index is 13.4. The SMILES string of the molecule is CCCCc1ccc(S(=O)(=O)n2cc(/C=C/C(=O)c3ccccc3)c3ccccc32)cc1. The number of allylic oxidation sites excluding steroid dienone is 1. The molecule has 32 heavy (non-hydrogen) atoms. The van der Waals surface area contributed by atoms with Gasteiger partial charge < -0.3 is 0 Å². The van der Waals surface area contributed by atoms with E-state index >= 15 is 0 Å². The molecule has 0 aliphatic heterocycles. The van der Waals surface area contributed by atoms with Gasteiger partial charge in [0.25, 0.3) is 10.0 Å². The molecule has 0 radical (unpaired) electrons. The van der Waals surface area contributed by atoms with Gasteiger partial charge in [0.2, 0.25) is 0 Å². The molecule has 0 fully saturated rings. The standard InChI is InChI=1S/C27H25NO3S/c1-2-3-9-21-14-17-24(18-15-21)32(30,31)28-20-23(25-12-7-8-13-26(25)28)16-19-27(29)22-10-5-4-6-11-22/h4-8,10-20H,2-3,9H2,1H3/b19-16+. The molecule has 4 nitrogen and oxygen atoms in total. The van der Waals surface area contributed by atoms with Crippen LogP contribution in [0.4, 0.5) is 0 Å². The fraction of sp³-hybridized carbons (Fsp3) is 0.148. The highest BCUT2D eigenvalue weighted by atomic mass is 32.2. The summed E-state index contributed by atoms with van der Waals surface area (Å²) in [7, 11) is -3.77. The number of nitrogens with zero attached hydrogens (tertiary/aromatic N) is 1. The first-order chi connectivity index (χ1) is 15.5. The van der Waals surface area contributed by atoms with Gasteiger partial charge in [0.15, 0.2) is 5.78 Å². The van der Waals surface area contributed by atoms with Crippen LogP contribution in [0.3, 0.4) is 0 Å². The van der Waals surface area contributed by atoms with E-state index in [0.29, 0.717) is 16.6 Å². The molecular weight excluding hydrogens is 418 g/mol. The summed E-state index contributed by atoms with van der Waals surface area (Å²) in [5.74, 6) is -0.132. The van der Waals surface area contributed by atoms with E-state index in [9.17, 15) is 13.2 Å². The highest BCUT2D eigenvalue weighted by molar-refractivity contribution is 7.90. The minimum Gasteiger partial charge on any atom is -0.289 e. The van der Waals surface area contributed by atoms with Crippen LogP contribution in [-0.4, -0.2) is 18.2 Å². The summed E-state index contributed by atoms with van der Waals surface area (Å²) >= 11 is 0. The number of fused-ring (bicyclic) bond motifs is 1. The second kappa shape index (κ2) is 9.37. The van der Waals surface area contributed by atoms with E-state index in [1.165, 1.54) is 10.0 Å². The number of carbonyl (C=O) groups is 1. The summed E-state index contributed by atoms with van der Waals surface area (Å²) in [4.78, 5) is 12.7. The molecule has 4 aromatic rings. The van der Waals surface area contributed by atoms with E-state index in [2.05, 4.69) is 6.92 Å². The Hall–Kier alpha value is -3.44. The fourth-order valence-electron chi connectivity index (χ4n) is 3.69. The highest BCUT2D eigenvalue weighted by Crippen LogP contribution is 2.27. The molecule has 1 heterocycles. The number of carbonyl (C=O) groups excluding carboxylic acids is 1. The molecule has 4 rings (SSSR count). The average molecular weight is 444 g/mol. The maximum absolute atomic E-state index is 13.4. The summed E-state index contributed by atoms with van der Waals surface area (Å²) in [6.07, 6.45) is 7.85. The molecule has 0 unspecified atom stereocenters. The number of aryl methyl sites for hydroxylation is 1. The lowest BCUT2D eigenvalue weighted by Crippen LogP contribution is -2.11. The Balaban J connectivity index is 1.71. The lowest BCUT2D eigenvalue weighted by molar-refractivity contribution is 0.104. The molecule has 0 saturated carbocycles. The van der Waals surface area contributed by atoms with Gasteiger partial charge in [-0.1, -0.05) is 74.0 Å². The summed E-state index contributed by atoms with van der Waals surface area (Å²) in [6.45, 7) is 2.13. The summed E-state index contributed by atoms with van der Waals surface area (Å²) < 4.78 is 28.1. The van der Waals surface area contributed by atoms with E-state index in [4.69, 9.17) is 0 Å². The molecule has 0 atom stereocenters. The summed E-state index contributed by atoms with van der Waals surface area (Å²) in [5, 5.41) is 0.771. The van der Waals surface area contributed by atoms with Crippen LogP contribution < -0.4 is 0 Å². The molecule has 162 valence electrons. The zero-order valence-electron chi connectivity index (χ0n) is 17.9. The van der Waals surface area contributed by atoms with Crippen molar-refractivity contribution < 1.29 is 13.2 Å². The second-order valence-corrected chi connectivity index (χ2v) is 9.53. The van der Waals surface area contributed by atoms with Crippen molar-refractivity contribution in [2.45, 2.75) is 31.1 Å². The summed E-state index contributed by atoms with van der Waals surface area (Å²) in [5.41, 5.74) is 2.97. The molecule has 0 aliphatic rings. The predicted molar refractivity (Wildman–Crippen MR) is 129 cm³/mol. The van der Waals surface area contributed by atoms with Gasteiger partial charge in [-0.15, -0.1) is 0 Å². The highest BCUT2D eigenvalue weighted by Gasteiger charge is 2.20. The Kier molecular flexibility index (Phi) is 6.37. The zero-order valence-corrected chi connectivity index (χ0v) is 18.8. The van der Waals surface area contributed by atoms with E-state index in [1.807, 2.05) is 48.5 Å². The first-order valence-electron chi connectivity index (χ1n) is 10.7. The van der Waals surface area contributed by atoms with Gasteiger partial charge in [-0.05, 0) is 48.8 Å². The monoisotopic (exact) mass is 443 g/mol. The van der Waals surface area contributed by atoms with Crippen LogP contribution in [0.2, 0.25) is 0 Å². The molecule has 0 N–H and O–H groups in total. The van der Waals surface area contributed by atoms with Crippen LogP contribution in [-0.2, 0) is 16.4 Å². The number of rotatable bonds is 8. The molecule has 0 amide bonds. The van der Waals surface area contributed by atoms with Crippen LogP contribution in [0.25, 0.3) is 17.0 Å². The first-order valence-corrected chi connectivity index (χ1v) is 12.2. The van der Waals surface area contributed by atoms with Gasteiger partial charge in [-0.3, -0.25) is 4.79 Å². The molecular formula is C27H25NO3S. The fourth-order valence-corrected chi connectivity index (χ4v) is 5.07. The van der Waals surface area contributed by atoms with Gasteiger partial charge >= 0.3 is 0 Å². The third kappa shape index (κ3) is 4.43. The topological polar surface area (TPSA) is 56.1 Å². The van der Waals surface area contributed by atoms with Crippen LogP contribution in [0.5, 0.6) is 0 Å². The van der Waals surface area contributed by atoms with Crippen molar-refractivity contribution in [3.63, 3.8) is 0 Å². The molecule has 3 aromatic carbocycles. The van der Waals surface area contributed by atoms with Crippen molar-refractivity contribution in [3.05, 3.63) is 108 Å². The van der Waals surface area contributed by atoms with E-state index in [0.717, 1.165) is 30.2 Å². The lowest BCUT2D eigenvalue weighted by Gasteiger charge is -2.08. The molecule has 0 saturated heterocycles. The quantitative estimate of drug-likeness (QED) is 0.244. The van der Waals surface area contributed by atoms with Gasteiger partial charge in [0.1, 0.15) is 0 Å². The van der Waals surface area contributed by atoms with Crippen LogP contribution >= 0.6 is 0 Å². The van der Waals surface area contributed by atoms with Gasteiger partial charge in [-0.2, -0.15) is 0 Å². The van der Waals surface area contributed by atoms with Gasteiger partial charge in [-0.25, -0.2) is 12.4 Å². The Bertz CT molecular complexity index is 1370. The smallest absolute Gasteiger partial charge is 0.268 e. The van der Waals surface area contributed by atoms with Crippen LogP contribution in [0.1, 0.15) is 41.3 Å². The molecule has 0 aliphatic carbocycles. The average Bonchev–Trinajstić information content (AvgIpc) is 3.21. The number of aromatic nitrogens is 1. The van der Waals surface area contributed by atoms with Gasteiger partial charge in [0.05, 0.1) is 10.4 Å². The third-order valence-corrected chi connectivity index (χ3v) is 7.17. The number of hydrogen-bond acceptors (Lipinski definition) is 3. The molecule has 0 spiro atoms. The Morgan fingerprint density at radius 1 is 0.906 bits per heavy atom. The maximum Gasteiger partial charge on any atom is 0.268 e. The Labute approximate surface area is 188 Å². The predicted octanol–water partition coefficient (Wildman–Crippen LogP) is 6.12. The van der Waals surface area contributed by atoms with Crippen molar-refractivity contribution in [1.82, 2.24) is 3.97 Å². The number of benzene rings is 3. The first kappa shape index (κ1) is 21.8. The summed E-state index contributed by atoms with van der Waals surface area (Å²) in [6, 6.07) is 23.4. The van der Waals surface area contributed by atoms with Crippen molar-refractivity contribution in [2.24, 2.45) is 0 Å². The van der Waals surface area contributed by atoms with E-state index in [1.54, 1.807) is 42.6 Å². The van der Waals surface area contributed by atoms with Crippen molar-refractivity contribution in [2.75, 3.05) is 0 Å². The lowest BCUT2D eigenvalue weighted by atomic mass is 10.1. The molecule has 0 bridgehead atoms. The Morgan fingerprint density at radius 3 is 2.31 bits per heavy atom. The van der Waals surface area contributed by atoms with Gasteiger partial charge in [0, 0.05) is 22.7 Å². The molecule has 5 heteroatoms. The largest absolute Gasteiger partial charge is 0.289 e. The number of ketones is 1. The van der Waals surface area contributed by atoms with Crippen molar-refractivity contribution in [3.8, 4) is 0 Å². The van der Waals surface area contributed by atoms with E-state index in [-0.39, 0.29) is 10.7 Å². The normalized spacial score (nSPS) is 11.9. The number of para-hydroxylation sites is 1. The Morgan fingerprint density at radius 2 is 1.59 bits per heavy atom. The number of unbranched alkanes of at least 4 members (excludes halogenated alkanes) is 1. The van der Waals surface area contributed by atoms with E-state index < -0.39 is 10.0 Å². The minimum absolute atomic E-state index is 0.132. The molecule has 1 aromatic heterocycles. The van der Waals surface area contributed by atoms with Crippen molar-refractivity contribution in [1.29, 1.82) is 0 Å². The number of hydrogen-bond donors (Lipinski definition) is 0.